The van der Waals surface area contributed by atoms with Crippen molar-refractivity contribution < 1.29 is 19.0 Å². The lowest BCUT2D eigenvalue weighted by Gasteiger charge is -2.24. The second-order valence-electron chi connectivity index (χ2n) is 8.74. The van der Waals surface area contributed by atoms with Gasteiger partial charge < -0.3 is 19.1 Å². The highest BCUT2D eigenvalue weighted by atomic mass is 35.5. The number of rotatable bonds is 6. The molecule has 0 saturated carbocycles. The lowest BCUT2D eigenvalue weighted by atomic mass is 10.0. The fourth-order valence-corrected chi connectivity index (χ4v) is 5.30. The molecule has 2 aliphatic heterocycles. The van der Waals surface area contributed by atoms with E-state index in [0.717, 1.165) is 48.1 Å². The van der Waals surface area contributed by atoms with E-state index in [-0.39, 0.29) is 12.0 Å². The summed E-state index contributed by atoms with van der Waals surface area (Å²) in [5.41, 5.74) is 3.96. The Morgan fingerprint density at radius 2 is 2.09 bits per heavy atom. The van der Waals surface area contributed by atoms with Gasteiger partial charge >= 0.3 is 0 Å². The van der Waals surface area contributed by atoms with Crippen molar-refractivity contribution in [1.82, 2.24) is 4.90 Å². The Bertz CT molecular complexity index is 1130. The molecule has 1 atom stereocenters. The molecular formula is C27H28ClNO4S. The first-order valence-corrected chi connectivity index (χ1v) is 13.1. The van der Waals surface area contributed by atoms with Crippen molar-refractivity contribution in [2.45, 2.75) is 38.3 Å². The van der Waals surface area contributed by atoms with Crippen molar-refractivity contribution in [2.75, 3.05) is 26.4 Å². The van der Waals surface area contributed by atoms with E-state index in [9.17, 15) is 4.79 Å². The molecule has 1 fully saturated rings. The molecule has 0 unspecified atom stereocenters. The van der Waals surface area contributed by atoms with Crippen LogP contribution in [0.1, 0.15) is 30.4 Å². The maximum absolute atomic E-state index is 13.1. The van der Waals surface area contributed by atoms with Crippen LogP contribution in [-0.4, -0.2) is 43.3 Å². The van der Waals surface area contributed by atoms with Gasteiger partial charge in [0.05, 0.1) is 19.1 Å². The van der Waals surface area contributed by atoms with Crippen molar-refractivity contribution in [2.24, 2.45) is 0 Å². The number of amides is 1. The van der Waals surface area contributed by atoms with Crippen LogP contribution in [0.5, 0.6) is 11.5 Å². The minimum Gasteiger partial charge on any atom is -0.487 e. The Morgan fingerprint density at radius 3 is 2.88 bits per heavy atom. The van der Waals surface area contributed by atoms with Gasteiger partial charge in [0, 0.05) is 23.7 Å². The van der Waals surface area contributed by atoms with Gasteiger partial charge in [-0.3, -0.25) is 4.79 Å². The van der Waals surface area contributed by atoms with E-state index in [0.29, 0.717) is 49.2 Å². The largest absolute Gasteiger partial charge is 0.487 e. The normalized spacial score (nSPS) is 18.0. The molecule has 5 nitrogen and oxygen atoms in total. The van der Waals surface area contributed by atoms with E-state index in [4.69, 9.17) is 25.8 Å². The lowest BCUT2D eigenvalue weighted by molar-refractivity contribution is -0.131. The molecule has 0 aliphatic carbocycles. The maximum Gasteiger partial charge on any atom is 0.227 e. The van der Waals surface area contributed by atoms with Crippen LogP contribution in [0, 0.1) is 0 Å². The first-order valence-electron chi connectivity index (χ1n) is 11.7. The van der Waals surface area contributed by atoms with Crippen LogP contribution in [0.4, 0.5) is 0 Å². The summed E-state index contributed by atoms with van der Waals surface area (Å²) in [6.07, 6.45) is 3.76. The fourth-order valence-electron chi connectivity index (χ4n) is 4.44. The minimum atomic E-state index is 0.0914. The molecule has 0 bridgehead atoms. The number of carbonyl (C=O) groups is 1. The maximum atomic E-state index is 13.1. The van der Waals surface area contributed by atoms with Gasteiger partial charge in [0.15, 0.2) is 11.5 Å². The van der Waals surface area contributed by atoms with E-state index in [2.05, 4.69) is 6.07 Å². The average molecular weight is 498 g/mol. The molecule has 0 spiro atoms. The summed E-state index contributed by atoms with van der Waals surface area (Å²) >= 11 is 7.88. The van der Waals surface area contributed by atoms with Gasteiger partial charge in [-0.1, -0.05) is 23.7 Å². The van der Waals surface area contributed by atoms with Crippen LogP contribution in [0.25, 0.3) is 11.1 Å². The number of nitrogens with zero attached hydrogens (tertiary/aromatic N) is 1. The molecule has 1 aromatic heterocycles. The van der Waals surface area contributed by atoms with Gasteiger partial charge in [-0.25, -0.2) is 0 Å². The number of halogens is 1. The van der Waals surface area contributed by atoms with Gasteiger partial charge in [0.1, 0.15) is 13.2 Å². The van der Waals surface area contributed by atoms with Crippen molar-refractivity contribution in [3.63, 3.8) is 0 Å². The molecule has 5 rings (SSSR count). The number of thiophene rings is 1. The Labute approximate surface area is 209 Å². The number of fused-ring (bicyclic) bond motifs is 1. The summed E-state index contributed by atoms with van der Waals surface area (Å²) in [4.78, 5) is 14.9. The highest BCUT2D eigenvalue weighted by Gasteiger charge is 2.25. The predicted molar refractivity (Wildman–Crippen MR) is 135 cm³/mol. The van der Waals surface area contributed by atoms with Crippen molar-refractivity contribution >= 4 is 28.8 Å². The molecule has 2 aromatic carbocycles. The third-order valence-electron chi connectivity index (χ3n) is 6.25. The molecule has 3 aromatic rings. The first-order chi connectivity index (χ1) is 16.7. The van der Waals surface area contributed by atoms with E-state index >= 15 is 0 Å². The van der Waals surface area contributed by atoms with Crippen molar-refractivity contribution in [3.8, 4) is 22.6 Å². The number of hydrogen-bond donors (Lipinski definition) is 0. The highest BCUT2D eigenvalue weighted by Crippen LogP contribution is 2.39. The Morgan fingerprint density at radius 1 is 1.15 bits per heavy atom. The molecule has 2 aliphatic rings. The molecule has 1 amide bonds. The third kappa shape index (κ3) is 5.57. The number of carbonyl (C=O) groups excluding carboxylic acids is 1. The van der Waals surface area contributed by atoms with Gasteiger partial charge in [0.2, 0.25) is 5.91 Å². The third-order valence-corrected chi connectivity index (χ3v) is 7.21. The van der Waals surface area contributed by atoms with Crippen LogP contribution >= 0.6 is 22.9 Å². The molecule has 34 heavy (non-hydrogen) atoms. The van der Waals surface area contributed by atoms with Gasteiger partial charge in [-0.15, -0.1) is 0 Å². The summed E-state index contributed by atoms with van der Waals surface area (Å²) in [5.74, 6) is 1.50. The smallest absolute Gasteiger partial charge is 0.227 e. The van der Waals surface area contributed by atoms with Crippen LogP contribution < -0.4 is 9.47 Å². The second-order valence-corrected chi connectivity index (χ2v) is 9.96. The van der Waals surface area contributed by atoms with Crippen LogP contribution in [0.3, 0.4) is 0 Å². The van der Waals surface area contributed by atoms with Crippen molar-refractivity contribution in [1.29, 1.82) is 0 Å². The zero-order valence-corrected chi connectivity index (χ0v) is 20.6. The molecule has 0 radical (unpaired) electrons. The molecular weight excluding hydrogens is 470 g/mol. The summed E-state index contributed by atoms with van der Waals surface area (Å²) in [6.45, 7) is 2.70. The van der Waals surface area contributed by atoms with E-state index < -0.39 is 0 Å². The van der Waals surface area contributed by atoms with Gasteiger partial charge in [0.25, 0.3) is 0 Å². The van der Waals surface area contributed by atoms with Crippen molar-refractivity contribution in [3.05, 3.63) is 69.4 Å². The quantitative estimate of drug-likeness (QED) is 0.420. The zero-order valence-electron chi connectivity index (χ0n) is 19.0. The van der Waals surface area contributed by atoms with Crippen LogP contribution in [0.2, 0.25) is 5.02 Å². The molecule has 0 N–H and O–H groups in total. The predicted octanol–water partition coefficient (Wildman–Crippen LogP) is 5.98. The van der Waals surface area contributed by atoms with Crippen LogP contribution in [0.15, 0.2) is 53.2 Å². The van der Waals surface area contributed by atoms with E-state index in [1.165, 1.54) is 0 Å². The van der Waals surface area contributed by atoms with E-state index in [1.54, 1.807) is 11.3 Å². The minimum absolute atomic E-state index is 0.0914. The zero-order chi connectivity index (χ0) is 23.3. The number of hydrogen-bond acceptors (Lipinski definition) is 5. The van der Waals surface area contributed by atoms with Gasteiger partial charge in [-0.05, 0) is 77.0 Å². The molecule has 1 saturated heterocycles. The summed E-state index contributed by atoms with van der Waals surface area (Å²) in [6, 6.07) is 13.9. The standard InChI is InChI=1S/C27H28ClNO4S/c28-23-5-3-4-20(14-23)21-13-22-16-29(26(30)12-19-7-11-34-18-19)8-10-32-27(22)25(15-21)33-17-24-6-1-2-9-31-24/h3-5,7,11,13-15,18,24H,1-2,6,8-10,12,16-17H2/t24-/m0/s1. The van der Waals surface area contributed by atoms with Gasteiger partial charge in [-0.2, -0.15) is 11.3 Å². The average Bonchev–Trinajstić information content (AvgIpc) is 3.26. The second kappa shape index (κ2) is 10.8. The molecule has 178 valence electrons. The highest BCUT2D eigenvalue weighted by molar-refractivity contribution is 7.08. The van der Waals surface area contributed by atoms with Crippen LogP contribution in [-0.2, 0) is 22.5 Å². The summed E-state index contributed by atoms with van der Waals surface area (Å²) in [7, 11) is 0. The topological polar surface area (TPSA) is 48.0 Å². The Balaban J connectivity index is 1.44. The summed E-state index contributed by atoms with van der Waals surface area (Å²) in [5, 5.41) is 4.70. The number of benzene rings is 2. The fraction of sp³-hybridized carbons (Fsp3) is 0.370. The summed E-state index contributed by atoms with van der Waals surface area (Å²) < 4.78 is 18.3. The molecule has 3 heterocycles. The molecule has 7 heteroatoms. The Hall–Kier alpha value is -2.54. The first kappa shape index (κ1) is 23.2. The van der Waals surface area contributed by atoms with E-state index in [1.807, 2.05) is 52.1 Å². The Kier molecular flexibility index (Phi) is 7.38. The SMILES string of the molecule is O=C(Cc1ccsc1)N1CCOc2c(cc(-c3cccc(Cl)c3)cc2OC[C@@H]2CCCCO2)C1. The lowest BCUT2D eigenvalue weighted by Crippen LogP contribution is -2.33. The number of ether oxygens (including phenoxy) is 3. The monoisotopic (exact) mass is 497 g/mol.